The Bertz CT molecular complexity index is 278. The van der Waals surface area contributed by atoms with Crippen LogP contribution in [0.5, 0.6) is 0 Å². The third-order valence-corrected chi connectivity index (χ3v) is 4.63. The molecule has 0 saturated heterocycles. The van der Waals surface area contributed by atoms with E-state index >= 15 is 0 Å². The molecule has 18 heavy (non-hydrogen) atoms. The van der Waals surface area contributed by atoms with Crippen molar-refractivity contribution in [2.24, 2.45) is 11.8 Å². The topological polar surface area (TPSA) is 52.6 Å². The first kappa shape index (κ1) is 16.0. The zero-order chi connectivity index (χ0) is 13.7. The second-order valence-corrected chi connectivity index (χ2v) is 6.57. The van der Waals surface area contributed by atoms with Gasteiger partial charge in [-0.15, -0.1) is 0 Å². The molecule has 6 heteroatoms. The molecule has 2 saturated carbocycles. The molecule has 0 bridgehead atoms. The smallest absolute Gasteiger partial charge is 0.310 e. The van der Waals surface area contributed by atoms with Crippen molar-refractivity contribution in [2.45, 2.75) is 36.3 Å². The minimum Gasteiger partial charge on any atom is -0.466 e. The van der Waals surface area contributed by atoms with Crippen molar-refractivity contribution in [3.8, 4) is 0 Å². The first-order valence-corrected chi connectivity index (χ1v) is 7.95. The molecule has 0 unspecified atom stereocenters. The number of halogens is 2. The summed E-state index contributed by atoms with van der Waals surface area (Å²) in [4.78, 5) is 22.3. The Morgan fingerprint density at radius 3 is 1.39 bits per heavy atom. The van der Waals surface area contributed by atoms with Gasteiger partial charge in [0.25, 0.3) is 0 Å². The highest BCUT2D eigenvalue weighted by atomic mass is 79.9. The van der Waals surface area contributed by atoms with E-state index in [0.717, 1.165) is 12.8 Å². The van der Waals surface area contributed by atoms with E-state index in [9.17, 15) is 9.59 Å². The fourth-order valence-corrected chi connectivity index (χ4v) is 2.55. The maximum Gasteiger partial charge on any atom is 0.310 e. The van der Waals surface area contributed by atoms with Gasteiger partial charge in [0, 0.05) is 9.65 Å². The first-order valence-electron chi connectivity index (χ1n) is 6.12. The van der Waals surface area contributed by atoms with Gasteiger partial charge in [0.15, 0.2) is 0 Å². The lowest BCUT2D eigenvalue weighted by Gasteiger charge is -1.96. The SMILES string of the molecule is CCOC(=O)[C@@H]1C[C@H]1Br.CCOC(=O)[C@H]1C[C@@H]1Br. The number of esters is 2. The predicted octanol–water partition coefficient (Wildman–Crippen LogP) is 2.67. The van der Waals surface area contributed by atoms with Crippen LogP contribution in [0.25, 0.3) is 0 Å². The van der Waals surface area contributed by atoms with Crippen molar-refractivity contribution in [3.63, 3.8) is 0 Å². The summed E-state index contributed by atoms with van der Waals surface area (Å²) in [7, 11) is 0. The molecular formula is C12H18Br2O4. The van der Waals surface area contributed by atoms with E-state index in [1.165, 1.54) is 0 Å². The number of hydrogen-bond donors (Lipinski definition) is 0. The number of ether oxygens (including phenoxy) is 2. The van der Waals surface area contributed by atoms with Crippen LogP contribution in [0.15, 0.2) is 0 Å². The summed E-state index contributed by atoms with van der Waals surface area (Å²) in [6.45, 7) is 4.64. The summed E-state index contributed by atoms with van der Waals surface area (Å²) in [5.41, 5.74) is 0. The summed E-state index contributed by atoms with van der Waals surface area (Å²) in [5, 5.41) is 0. The van der Waals surface area contributed by atoms with Gasteiger partial charge in [0.1, 0.15) is 0 Å². The molecule has 0 aliphatic heterocycles. The Morgan fingerprint density at radius 2 is 1.22 bits per heavy atom. The van der Waals surface area contributed by atoms with Gasteiger partial charge in [0.05, 0.1) is 25.0 Å². The predicted molar refractivity (Wildman–Crippen MR) is 74.9 cm³/mol. The maximum atomic E-state index is 10.8. The van der Waals surface area contributed by atoms with E-state index in [1.54, 1.807) is 0 Å². The van der Waals surface area contributed by atoms with Gasteiger partial charge >= 0.3 is 11.9 Å². The van der Waals surface area contributed by atoms with E-state index in [2.05, 4.69) is 31.9 Å². The summed E-state index contributed by atoms with van der Waals surface area (Å²) >= 11 is 6.64. The molecule has 4 atom stereocenters. The third kappa shape index (κ3) is 5.26. The van der Waals surface area contributed by atoms with E-state index < -0.39 is 0 Å². The van der Waals surface area contributed by atoms with Gasteiger partial charge in [-0.05, 0) is 26.7 Å². The molecule has 4 nitrogen and oxygen atoms in total. The van der Waals surface area contributed by atoms with Crippen molar-refractivity contribution >= 4 is 43.8 Å². The first-order chi connectivity index (χ1) is 8.51. The van der Waals surface area contributed by atoms with Crippen LogP contribution in [0.1, 0.15) is 26.7 Å². The Labute approximate surface area is 124 Å². The number of rotatable bonds is 4. The average Bonchev–Trinajstić information content (AvgIpc) is 3.19. The molecule has 0 radical (unpaired) electrons. The molecule has 2 aliphatic rings. The Balaban J connectivity index is 0.000000180. The van der Waals surface area contributed by atoms with Gasteiger partial charge in [-0.25, -0.2) is 0 Å². The minimum absolute atomic E-state index is 0.0561. The Kier molecular flexibility index (Phi) is 6.63. The molecule has 0 heterocycles. The maximum absolute atomic E-state index is 10.8. The zero-order valence-electron chi connectivity index (χ0n) is 10.5. The van der Waals surface area contributed by atoms with Gasteiger partial charge in [-0.1, -0.05) is 31.9 Å². The lowest BCUT2D eigenvalue weighted by Crippen LogP contribution is -2.07. The minimum atomic E-state index is -0.0561. The fourth-order valence-electron chi connectivity index (χ4n) is 1.31. The number of carbonyl (C=O) groups is 2. The highest BCUT2D eigenvalue weighted by Crippen LogP contribution is 2.39. The largest absolute Gasteiger partial charge is 0.466 e. The van der Waals surface area contributed by atoms with Crippen molar-refractivity contribution in [2.75, 3.05) is 13.2 Å². The van der Waals surface area contributed by atoms with E-state index in [0.29, 0.717) is 22.9 Å². The van der Waals surface area contributed by atoms with Gasteiger partial charge in [0.2, 0.25) is 0 Å². The molecule has 0 amide bonds. The van der Waals surface area contributed by atoms with Crippen LogP contribution in [0.2, 0.25) is 0 Å². The van der Waals surface area contributed by atoms with Crippen LogP contribution in [-0.2, 0) is 19.1 Å². The average molecular weight is 386 g/mol. The highest BCUT2D eigenvalue weighted by molar-refractivity contribution is 9.10. The summed E-state index contributed by atoms with van der Waals surface area (Å²) in [5.74, 6) is 0.175. The third-order valence-electron chi connectivity index (χ3n) is 2.60. The van der Waals surface area contributed by atoms with Gasteiger partial charge in [-0.2, -0.15) is 0 Å². The van der Waals surface area contributed by atoms with Crippen molar-refractivity contribution < 1.29 is 19.1 Å². The van der Waals surface area contributed by atoms with Crippen LogP contribution in [0.3, 0.4) is 0 Å². The molecule has 2 aliphatic carbocycles. The molecule has 0 spiro atoms. The Morgan fingerprint density at radius 1 is 0.944 bits per heavy atom. The van der Waals surface area contributed by atoms with Gasteiger partial charge < -0.3 is 9.47 Å². The van der Waals surface area contributed by atoms with E-state index in [4.69, 9.17) is 9.47 Å². The van der Waals surface area contributed by atoms with E-state index in [1.807, 2.05) is 13.8 Å². The van der Waals surface area contributed by atoms with Crippen LogP contribution in [0.4, 0.5) is 0 Å². The fraction of sp³-hybridized carbons (Fsp3) is 0.833. The summed E-state index contributed by atoms with van der Waals surface area (Å²) < 4.78 is 9.53. The molecule has 104 valence electrons. The lowest BCUT2D eigenvalue weighted by molar-refractivity contribution is -0.145. The van der Waals surface area contributed by atoms with Crippen LogP contribution < -0.4 is 0 Å². The van der Waals surface area contributed by atoms with Crippen molar-refractivity contribution in [1.29, 1.82) is 0 Å². The second kappa shape index (κ2) is 7.48. The zero-order valence-corrected chi connectivity index (χ0v) is 13.7. The lowest BCUT2D eigenvalue weighted by atomic mass is 10.4. The summed E-state index contributed by atoms with van der Waals surface area (Å²) in [6, 6.07) is 0. The molecule has 0 aromatic carbocycles. The van der Waals surface area contributed by atoms with E-state index in [-0.39, 0.29) is 23.8 Å². The molecule has 2 rings (SSSR count). The molecule has 0 N–H and O–H groups in total. The van der Waals surface area contributed by atoms with Crippen molar-refractivity contribution in [1.82, 2.24) is 0 Å². The van der Waals surface area contributed by atoms with Crippen LogP contribution in [0, 0.1) is 11.8 Å². The molecule has 0 aromatic rings. The second-order valence-electron chi connectivity index (χ2n) is 4.22. The van der Waals surface area contributed by atoms with Crippen LogP contribution >= 0.6 is 31.9 Å². The number of alkyl halides is 2. The summed E-state index contributed by atoms with van der Waals surface area (Å²) in [6.07, 6.45) is 1.89. The standard InChI is InChI=1S/2C6H9BrO2/c2*1-2-9-6(8)4-3-5(4)7/h2*4-5H,2-3H2,1H3/t2*4-,5-/m10/s1. The monoisotopic (exact) mass is 384 g/mol. The highest BCUT2D eigenvalue weighted by Gasteiger charge is 2.42. The van der Waals surface area contributed by atoms with Crippen molar-refractivity contribution in [3.05, 3.63) is 0 Å². The number of hydrogen-bond acceptors (Lipinski definition) is 4. The molecule has 0 aromatic heterocycles. The van der Waals surface area contributed by atoms with Crippen LogP contribution in [-0.4, -0.2) is 34.8 Å². The molecule has 2 fully saturated rings. The Hall–Kier alpha value is -0.100. The molecular weight excluding hydrogens is 368 g/mol. The quantitative estimate of drug-likeness (QED) is 0.551. The van der Waals surface area contributed by atoms with Gasteiger partial charge in [-0.3, -0.25) is 9.59 Å². The number of carbonyl (C=O) groups excluding carboxylic acids is 2. The normalized spacial score (nSPS) is 31.8.